The van der Waals surface area contributed by atoms with E-state index in [1.807, 2.05) is 0 Å². The lowest BCUT2D eigenvalue weighted by molar-refractivity contribution is 1.13. The first-order valence-corrected chi connectivity index (χ1v) is 9.44. The molecule has 5 rings (SSSR count). The van der Waals surface area contributed by atoms with E-state index in [1.165, 1.54) is 60.1 Å². The van der Waals surface area contributed by atoms with Gasteiger partial charge in [0.25, 0.3) is 0 Å². The molecule has 0 aromatic heterocycles. The number of aryl methyl sites for hydroxylation is 3. The summed E-state index contributed by atoms with van der Waals surface area (Å²) in [5.74, 6) is 0. The van der Waals surface area contributed by atoms with E-state index < -0.39 is 0 Å². The second-order valence-corrected chi connectivity index (χ2v) is 7.44. The van der Waals surface area contributed by atoms with Gasteiger partial charge in [-0.1, -0.05) is 73.2 Å². The molecule has 0 N–H and O–H groups in total. The summed E-state index contributed by atoms with van der Waals surface area (Å²) in [7, 11) is 0. The van der Waals surface area contributed by atoms with Crippen molar-refractivity contribution < 1.29 is 0 Å². The lowest BCUT2D eigenvalue weighted by Gasteiger charge is -2.19. The topological polar surface area (TPSA) is 0 Å². The SMILES string of the molecule is CCc1cc(C)cc(C)c1-c1cc2cccc3ccc4cccc1c4c32. The maximum absolute atomic E-state index is 2.40. The Kier molecular flexibility index (Phi) is 3.30. The number of rotatable bonds is 2. The third-order valence-electron chi connectivity index (χ3n) is 5.72. The van der Waals surface area contributed by atoms with Crippen molar-refractivity contribution in [2.24, 2.45) is 0 Å². The molecular formula is C26H22. The van der Waals surface area contributed by atoms with Gasteiger partial charge in [0.2, 0.25) is 0 Å². The van der Waals surface area contributed by atoms with Gasteiger partial charge in [0.1, 0.15) is 0 Å². The van der Waals surface area contributed by atoms with Gasteiger partial charge >= 0.3 is 0 Å². The van der Waals surface area contributed by atoms with Crippen molar-refractivity contribution in [1.82, 2.24) is 0 Å². The van der Waals surface area contributed by atoms with E-state index in [-0.39, 0.29) is 0 Å². The van der Waals surface area contributed by atoms with Crippen LogP contribution in [0.5, 0.6) is 0 Å². The molecule has 0 heterocycles. The standard InChI is InChI=1S/C26H22/c1-4-18-14-16(2)13-17(3)24(18)23-15-21-9-5-7-19-11-12-20-8-6-10-22(23)26(20)25(19)21/h5-15H,4H2,1-3H3. The lowest BCUT2D eigenvalue weighted by Crippen LogP contribution is -1.95. The third-order valence-corrected chi connectivity index (χ3v) is 5.72. The second-order valence-electron chi connectivity index (χ2n) is 7.44. The van der Waals surface area contributed by atoms with E-state index in [1.54, 1.807) is 0 Å². The zero-order valence-corrected chi connectivity index (χ0v) is 15.6. The van der Waals surface area contributed by atoms with Crippen LogP contribution < -0.4 is 0 Å². The minimum atomic E-state index is 1.05. The van der Waals surface area contributed by atoms with Crippen LogP contribution in [0.4, 0.5) is 0 Å². The Morgan fingerprint density at radius 2 is 1.38 bits per heavy atom. The number of hydrogen-bond donors (Lipinski definition) is 0. The molecule has 0 radical (unpaired) electrons. The fourth-order valence-electron chi connectivity index (χ4n) is 4.69. The molecule has 0 fully saturated rings. The molecule has 0 amide bonds. The van der Waals surface area contributed by atoms with Crippen LogP contribution in [0.3, 0.4) is 0 Å². The summed E-state index contributed by atoms with van der Waals surface area (Å²) in [6.07, 6.45) is 1.05. The molecule has 0 aliphatic carbocycles. The van der Waals surface area contributed by atoms with Crippen molar-refractivity contribution in [1.29, 1.82) is 0 Å². The summed E-state index contributed by atoms with van der Waals surface area (Å²) in [6, 6.07) is 25.0. The van der Waals surface area contributed by atoms with Crippen LogP contribution in [0.2, 0.25) is 0 Å². The van der Waals surface area contributed by atoms with Crippen molar-refractivity contribution in [3.63, 3.8) is 0 Å². The molecule has 0 heteroatoms. The van der Waals surface area contributed by atoms with Gasteiger partial charge in [-0.2, -0.15) is 0 Å². The summed E-state index contributed by atoms with van der Waals surface area (Å²) in [5, 5.41) is 8.16. The van der Waals surface area contributed by atoms with E-state index in [4.69, 9.17) is 0 Å². The molecule has 0 saturated heterocycles. The zero-order chi connectivity index (χ0) is 17.8. The highest BCUT2D eigenvalue weighted by molar-refractivity contribution is 6.26. The van der Waals surface area contributed by atoms with Crippen LogP contribution >= 0.6 is 0 Å². The minimum absolute atomic E-state index is 1.05. The summed E-state index contributed by atoms with van der Waals surface area (Å²) in [5.41, 5.74) is 6.95. The van der Waals surface area contributed by atoms with Crippen molar-refractivity contribution in [2.75, 3.05) is 0 Å². The highest BCUT2D eigenvalue weighted by atomic mass is 14.2. The molecule has 0 aliphatic heterocycles. The third kappa shape index (κ3) is 2.08. The van der Waals surface area contributed by atoms with Crippen LogP contribution in [-0.4, -0.2) is 0 Å². The Labute approximate surface area is 154 Å². The highest BCUT2D eigenvalue weighted by Gasteiger charge is 2.16. The van der Waals surface area contributed by atoms with E-state index in [2.05, 4.69) is 87.5 Å². The number of hydrogen-bond acceptors (Lipinski definition) is 0. The van der Waals surface area contributed by atoms with Gasteiger partial charge in [0.15, 0.2) is 0 Å². The summed E-state index contributed by atoms with van der Waals surface area (Å²) in [6.45, 7) is 6.71. The first-order chi connectivity index (χ1) is 12.7. The normalized spacial score (nSPS) is 11.8. The Balaban J connectivity index is 2.02. The summed E-state index contributed by atoms with van der Waals surface area (Å²) in [4.78, 5) is 0. The van der Waals surface area contributed by atoms with Crippen molar-refractivity contribution in [3.05, 3.63) is 83.4 Å². The van der Waals surface area contributed by atoms with Gasteiger partial charge in [-0.15, -0.1) is 0 Å². The van der Waals surface area contributed by atoms with E-state index in [0.29, 0.717) is 0 Å². The Morgan fingerprint density at radius 3 is 2.15 bits per heavy atom. The van der Waals surface area contributed by atoms with Crippen LogP contribution in [0.25, 0.3) is 43.4 Å². The average Bonchev–Trinajstić information content (AvgIpc) is 2.65. The van der Waals surface area contributed by atoms with Crippen LogP contribution in [0.1, 0.15) is 23.6 Å². The van der Waals surface area contributed by atoms with Crippen molar-refractivity contribution in [2.45, 2.75) is 27.2 Å². The predicted octanol–water partition coefficient (Wildman–Crippen LogP) is 7.43. The molecule has 0 aliphatic rings. The Hall–Kier alpha value is -2.86. The molecule has 0 unspecified atom stereocenters. The summed E-state index contributed by atoms with van der Waals surface area (Å²) < 4.78 is 0. The van der Waals surface area contributed by atoms with Crippen molar-refractivity contribution >= 4 is 32.3 Å². The monoisotopic (exact) mass is 334 g/mol. The molecule has 126 valence electrons. The van der Waals surface area contributed by atoms with E-state index in [0.717, 1.165) is 6.42 Å². The largest absolute Gasteiger partial charge is 0.0613 e. The highest BCUT2D eigenvalue weighted by Crippen LogP contribution is 2.42. The van der Waals surface area contributed by atoms with Crippen LogP contribution in [0.15, 0.2) is 66.7 Å². The quantitative estimate of drug-likeness (QED) is 0.294. The molecular weight excluding hydrogens is 312 g/mol. The van der Waals surface area contributed by atoms with Crippen LogP contribution in [-0.2, 0) is 6.42 Å². The molecule has 0 spiro atoms. The fraction of sp³-hybridized carbons (Fsp3) is 0.154. The Bertz CT molecular complexity index is 1270. The maximum Gasteiger partial charge on any atom is -0.00206 e. The molecule has 0 nitrogen and oxygen atoms in total. The smallest absolute Gasteiger partial charge is 0.00206 e. The first-order valence-electron chi connectivity index (χ1n) is 9.44. The van der Waals surface area contributed by atoms with Gasteiger partial charge < -0.3 is 0 Å². The lowest BCUT2D eigenvalue weighted by atomic mass is 9.85. The molecule has 26 heavy (non-hydrogen) atoms. The minimum Gasteiger partial charge on any atom is -0.0613 e. The second kappa shape index (κ2) is 5.57. The van der Waals surface area contributed by atoms with Gasteiger partial charge in [-0.25, -0.2) is 0 Å². The average molecular weight is 334 g/mol. The molecule has 0 bridgehead atoms. The number of benzene rings is 5. The van der Waals surface area contributed by atoms with Gasteiger partial charge in [-0.3, -0.25) is 0 Å². The van der Waals surface area contributed by atoms with Gasteiger partial charge in [-0.05, 0) is 80.9 Å². The van der Waals surface area contributed by atoms with Gasteiger partial charge in [0, 0.05) is 0 Å². The molecule has 0 saturated carbocycles. The van der Waals surface area contributed by atoms with Crippen LogP contribution in [0, 0.1) is 13.8 Å². The van der Waals surface area contributed by atoms with E-state index >= 15 is 0 Å². The van der Waals surface area contributed by atoms with Crippen molar-refractivity contribution in [3.8, 4) is 11.1 Å². The first kappa shape index (κ1) is 15.4. The maximum atomic E-state index is 2.40. The zero-order valence-electron chi connectivity index (χ0n) is 15.6. The molecule has 0 atom stereocenters. The molecule has 5 aromatic rings. The molecule has 5 aromatic carbocycles. The van der Waals surface area contributed by atoms with Gasteiger partial charge in [0.05, 0.1) is 0 Å². The summed E-state index contributed by atoms with van der Waals surface area (Å²) >= 11 is 0. The van der Waals surface area contributed by atoms with E-state index in [9.17, 15) is 0 Å². The Morgan fingerprint density at radius 1 is 0.692 bits per heavy atom. The predicted molar refractivity (Wildman–Crippen MR) is 114 cm³/mol. The fourth-order valence-corrected chi connectivity index (χ4v) is 4.69.